The van der Waals surface area contributed by atoms with E-state index < -0.39 is 0 Å². The molecule has 0 heterocycles. The number of nitrogens with zero attached hydrogens (tertiary/aromatic N) is 1. The number of aliphatic hydroxyl groups excluding tert-OH is 1. The summed E-state index contributed by atoms with van der Waals surface area (Å²) >= 11 is 0. The molecular weight excluding hydrogens is 671 g/mol. The Balaban J connectivity index is 3.99. The summed E-state index contributed by atoms with van der Waals surface area (Å²) in [4.78, 5) is 27.3. The molecule has 0 aromatic heterocycles. The number of unbranched alkanes of at least 4 members (excludes halogenated alkanes) is 21. The zero-order chi connectivity index (χ0) is 39.6. The fourth-order valence-corrected chi connectivity index (χ4v) is 7.77. The van der Waals surface area contributed by atoms with Gasteiger partial charge in [0.25, 0.3) is 0 Å². The van der Waals surface area contributed by atoms with E-state index >= 15 is 0 Å². The molecule has 0 spiro atoms. The number of ether oxygens (including phenoxy) is 2. The number of aliphatic hydroxyl groups is 1. The minimum Gasteiger partial charge on any atom is -0.466 e. The lowest BCUT2D eigenvalue weighted by Crippen LogP contribution is -2.29. The van der Waals surface area contributed by atoms with Crippen LogP contribution in [0.5, 0.6) is 0 Å². The van der Waals surface area contributed by atoms with Gasteiger partial charge in [-0.1, -0.05) is 175 Å². The van der Waals surface area contributed by atoms with Gasteiger partial charge in [-0.15, -0.1) is 0 Å². The predicted molar refractivity (Wildman–Crippen MR) is 232 cm³/mol. The van der Waals surface area contributed by atoms with Crippen LogP contribution < -0.4 is 0 Å². The van der Waals surface area contributed by atoms with Crippen molar-refractivity contribution >= 4 is 11.9 Å². The number of hydrogen-bond donors (Lipinski definition) is 1. The molecule has 6 nitrogen and oxygen atoms in total. The third-order valence-electron chi connectivity index (χ3n) is 11.4. The first-order chi connectivity index (χ1) is 26.5. The largest absolute Gasteiger partial charge is 0.466 e. The highest BCUT2D eigenvalue weighted by Gasteiger charge is 2.15. The lowest BCUT2D eigenvalue weighted by atomic mass is 9.91. The monoisotopic (exact) mass is 766 g/mol. The van der Waals surface area contributed by atoms with Gasteiger partial charge in [-0.2, -0.15) is 0 Å². The van der Waals surface area contributed by atoms with Gasteiger partial charge < -0.3 is 19.5 Å². The minimum atomic E-state index is -0.0242. The molecule has 1 N–H and O–H groups in total. The van der Waals surface area contributed by atoms with Crippen LogP contribution in [-0.4, -0.2) is 60.9 Å². The maximum atomic E-state index is 12.7. The van der Waals surface area contributed by atoms with Crippen LogP contribution in [0.1, 0.15) is 252 Å². The molecule has 0 saturated heterocycles. The predicted octanol–water partition coefficient (Wildman–Crippen LogP) is 14.1. The first kappa shape index (κ1) is 52.9. The quantitative estimate of drug-likeness (QED) is 0.0492. The molecule has 6 heteroatoms. The van der Waals surface area contributed by atoms with Crippen molar-refractivity contribution in [2.45, 2.75) is 259 Å². The number of carbonyl (C=O) groups excluding carboxylic acids is 2. The second kappa shape index (κ2) is 43.0. The van der Waals surface area contributed by atoms with Crippen molar-refractivity contribution < 1.29 is 24.2 Å². The number of esters is 2. The van der Waals surface area contributed by atoms with E-state index in [4.69, 9.17) is 9.47 Å². The molecule has 0 aromatic rings. The molecule has 0 aliphatic carbocycles. The van der Waals surface area contributed by atoms with Crippen molar-refractivity contribution in [3.8, 4) is 0 Å². The minimum absolute atomic E-state index is 0.0144. The molecule has 0 saturated carbocycles. The first-order valence-corrected chi connectivity index (χ1v) is 24.2. The average molecular weight is 766 g/mol. The van der Waals surface area contributed by atoms with E-state index in [1.54, 1.807) is 0 Å². The molecule has 0 aromatic carbocycles. The van der Waals surface area contributed by atoms with E-state index in [1.807, 2.05) is 0 Å². The molecule has 54 heavy (non-hydrogen) atoms. The zero-order valence-electron chi connectivity index (χ0n) is 37.0. The molecule has 0 fully saturated rings. The molecule has 0 rings (SSSR count). The lowest BCUT2D eigenvalue weighted by molar-refractivity contribution is -0.150. The Morgan fingerprint density at radius 1 is 0.444 bits per heavy atom. The van der Waals surface area contributed by atoms with Crippen LogP contribution in [0.4, 0.5) is 0 Å². The Hall–Kier alpha value is -1.14. The molecule has 0 bridgehead atoms. The fourth-order valence-electron chi connectivity index (χ4n) is 7.77. The van der Waals surface area contributed by atoms with E-state index in [0.717, 1.165) is 96.2 Å². The Morgan fingerprint density at radius 2 is 0.852 bits per heavy atom. The van der Waals surface area contributed by atoms with Crippen LogP contribution >= 0.6 is 0 Å². The number of hydrogen-bond acceptors (Lipinski definition) is 6. The van der Waals surface area contributed by atoms with E-state index in [0.29, 0.717) is 19.4 Å². The second-order valence-electron chi connectivity index (χ2n) is 16.7. The zero-order valence-corrected chi connectivity index (χ0v) is 37.0. The molecule has 0 unspecified atom stereocenters. The maximum absolute atomic E-state index is 12.7. The fraction of sp³-hybridized carbons (Fsp3) is 0.958. The first-order valence-electron chi connectivity index (χ1n) is 24.2. The smallest absolute Gasteiger partial charge is 0.306 e. The second-order valence-corrected chi connectivity index (χ2v) is 16.7. The van der Waals surface area contributed by atoms with Gasteiger partial charge in [0.2, 0.25) is 0 Å². The van der Waals surface area contributed by atoms with Crippen LogP contribution in [0.2, 0.25) is 0 Å². The molecule has 322 valence electrons. The van der Waals surface area contributed by atoms with Crippen LogP contribution in [0.3, 0.4) is 0 Å². The van der Waals surface area contributed by atoms with E-state index in [2.05, 4.69) is 32.6 Å². The van der Waals surface area contributed by atoms with Crippen molar-refractivity contribution in [1.82, 2.24) is 4.90 Å². The molecule has 0 amide bonds. The van der Waals surface area contributed by atoms with Gasteiger partial charge in [0.15, 0.2) is 0 Å². The normalized spacial score (nSPS) is 11.7. The summed E-state index contributed by atoms with van der Waals surface area (Å²) in [5.74, 6) is 0.845. The summed E-state index contributed by atoms with van der Waals surface area (Å²) in [7, 11) is 0. The van der Waals surface area contributed by atoms with Crippen molar-refractivity contribution in [2.75, 3.05) is 32.8 Å². The molecule has 0 aliphatic heterocycles. The average Bonchev–Trinajstić information content (AvgIpc) is 3.17. The van der Waals surface area contributed by atoms with Crippen molar-refractivity contribution in [1.29, 1.82) is 0 Å². The van der Waals surface area contributed by atoms with Crippen molar-refractivity contribution in [2.24, 2.45) is 5.92 Å². The SMILES string of the molecule is CCCCCCCCC(CCCCCCCC)OC(=O)CCCCCCCN(CCO)CCCCCCCC(=O)OCCCCC(CCCC)CCCC. The van der Waals surface area contributed by atoms with Gasteiger partial charge in [0.1, 0.15) is 6.10 Å². The summed E-state index contributed by atoms with van der Waals surface area (Å²) in [5, 5.41) is 9.58. The van der Waals surface area contributed by atoms with Crippen LogP contribution in [0.15, 0.2) is 0 Å². The standard InChI is InChI=1S/C48H95NO5/c1-5-9-13-15-19-25-36-46(37-26-20-16-14-10-6-2)54-48(52)39-28-22-18-24-31-41-49(42-43-50)40-30-23-17-21-27-38-47(51)53-44-32-29-35-45(33-11-7-3)34-12-8-4/h45-46,50H,5-44H2,1-4H3. The van der Waals surface area contributed by atoms with E-state index in [-0.39, 0.29) is 24.6 Å². The highest BCUT2D eigenvalue weighted by molar-refractivity contribution is 5.69. The van der Waals surface area contributed by atoms with Gasteiger partial charge >= 0.3 is 11.9 Å². The summed E-state index contributed by atoms with van der Waals surface area (Å²) in [6.45, 7) is 12.7. The van der Waals surface area contributed by atoms with Crippen molar-refractivity contribution in [3.05, 3.63) is 0 Å². The van der Waals surface area contributed by atoms with Crippen LogP contribution in [0.25, 0.3) is 0 Å². The highest BCUT2D eigenvalue weighted by Crippen LogP contribution is 2.22. The third-order valence-corrected chi connectivity index (χ3v) is 11.4. The van der Waals surface area contributed by atoms with Crippen molar-refractivity contribution in [3.63, 3.8) is 0 Å². The summed E-state index contributed by atoms with van der Waals surface area (Å²) in [6, 6.07) is 0. The number of carbonyl (C=O) groups is 2. The highest BCUT2D eigenvalue weighted by atomic mass is 16.5. The van der Waals surface area contributed by atoms with Gasteiger partial charge in [-0.3, -0.25) is 9.59 Å². The molecule has 0 aliphatic rings. The summed E-state index contributed by atoms with van der Waals surface area (Å²) in [5.41, 5.74) is 0. The third kappa shape index (κ3) is 37.8. The van der Waals surface area contributed by atoms with E-state index in [9.17, 15) is 14.7 Å². The summed E-state index contributed by atoms with van der Waals surface area (Å²) in [6.07, 6.45) is 41.1. The van der Waals surface area contributed by atoms with E-state index in [1.165, 1.54) is 141 Å². The summed E-state index contributed by atoms with van der Waals surface area (Å²) < 4.78 is 11.5. The lowest BCUT2D eigenvalue weighted by Gasteiger charge is -2.21. The number of rotatable bonds is 44. The Labute approximate surface area is 337 Å². The molecular formula is C48H95NO5. The Kier molecular flexibility index (Phi) is 42.1. The topological polar surface area (TPSA) is 76.1 Å². The Morgan fingerprint density at radius 3 is 1.35 bits per heavy atom. The maximum Gasteiger partial charge on any atom is 0.306 e. The van der Waals surface area contributed by atoms with Gasteiger partial charge in [-0.25, -0.2) is 0 Å². The molecule has 0 atom stereocenters. The molecule has 0 radical (unpaired) electrons. The van der Waals surface area contributed by atoms with Crippen LogP contribution in [0, 0.1) is 5.92 Å². The van der Waals surface area contributed by atoms with Gasteiger partial charge in [-0.05, 0) is 83.2 Å². The Bertz CT molecular complexity index is 752. The van der Waals surface area contributed by atoms with Crippen LogP contribution in [-0.2, 0) is 19.1 Å². The van der Waals surface area contributed by atoms with Gasteiger partial charge in [0.05, 0.1) is 13.2 Å². The van der Waals surface area contributed by atoms with Gasteiger partial charge in [0, 0.05) is 19.4 Å².